The van der Waals surface area contributed by atoms with E-state index in [1.165, 1.54) is 11.7 Å². The highest BCUT2D eigenvalue weighted by atomic mass is 32.1. The molecule has 23 heavy (non-hydrogen) atoms. The first kappa shape index (κ1) is 18.6. The number of hydrogen-bond donors (Lipinski definition) is 1. The van der Waals surface area contributed by atoms with Crippen molar-refractivity contribution in [3.05, 3.63) is 11.1 Å². The Hall–Kier alpha value is -2.49. The van der Waals surface area contributed by atoms with Gasteiger partial charge in [-0.05, 0) is 20.8 Å². The number of aromatic nitrogens is 1. The van der Waals surface area contributed by atoms with Crippen molar-refractivity contribution in [3.8, 4) is 0 Å². The summed E-state index contributed by atoms with van der Waals surface area (Å²) in [6.07, 6.45) is 1.52. The smallest absolute Gasteiger partial charge is 0.349 e. The Balaban J connectivity index is 2.37. The second-order valence-corrected chi connectivity index (χ2v) is 6.09. The minimum Gasteiger partial charge on any atom is -0.427 e. The van der Waals surface area contributed by atoms with Crippen LogP contribution in [0.5, 0.6) is 0 Å². The lowest BCUT2D eigenvalue weighted by Gasteiger charge is -2.16. The summed E-state index contributed by atoms with van der Waals surface area (Å²) in [6, 6.07) is 0. The normalized spacial score (nSPS) is 11.7. The number of nitrogen functional groups attached to an aromatic ring is 1. The van der Waals surface area contributed by atoms with Crippen LogP contribution in [-0.4, -0.2) is 42.3 Å². The molecule has 0 spiro atoms. The molecule has 2 N–H and O–H groups in total. The number of nitrogens with two attached hydrogens (primary N) is 1. The SMILES string of the molecule is CC(C)(C)C(=O)OCOC(=O)CO/N=C(\[C]=O)c1csc(N)n1. The van der Waals surface area contributed by atoms with Crippen LogP contribution < -0.4 is 5.73 Å². The zero-order valence-electron chi connectivity index (χ0n) is 12.8. The molecule has 125 valence electrons. The molecule has 0 aliphatic heterocycles. The monoisotopic (exact) mass is 342 g/mol. The number of thiazole rings is 1. The van der Waals surface area contributed by atoms with Gasteiger partial charge in [0, 0.05) is 5.38 Å². The summed E-state index contributed by atoms with van der Waals surface area (Å²) in [5, 5.41) is 5.17. The highest BCUT2D eigenvalue weighted by Gasteiger charge is 2.23. The molecule has 0 saturated carbocycles. The molecule has 0 amide bonds. The topological polar surface area (TPSA) is 130 Å². The molecule has 9 nitrogen and oxygen atoms in total. The lowest BCUT2D eigenvalue weighted by molar-refractivity contribution is -0.175. The Morgan fingerprint density at radius 1 is 1.39 bits per heavy atom. The van der Waals surface area contributed by atoms with Crippen molar-refractivity contribution in [2.45, 2.75) is 20.8 Å². The van der Waals surface area contributed by atoms with Crippen LogP contribution in [0.4, 0.5) is 5.13 Å². The van der Waals surface area contributed by atoms with E-state index in [4.69, 9.17) is 10.5 Å². The standard InChI is InChI=1S/C13H16N3O6S/c1-13(2,3)11(19)21-7-20-10(18)5-22-16-8(4-17)9-6-23-12(14)15-9/h6H,5,7H2,1-3H3,(H2,14,15)/b16-8+. The summed E-state index contributed by atoms with van der Waals surface area (Å²) in [6.45, 7) is 3.89. The van der Waals surface area contributed by atoms with Gasteiger partial charge in [0.2, 0.25) is 13.4 Å². The molecule has 0 fully saturated rings. The summed E-state index contributed by atoms with van der Waals surface area (Å²) in [4.78, 5) is 42.0. The molecule has 0 aromatic carbocycles. The summed E-state index contributed by atoms with van der Waals surface area (Å²) in [5.74, 6) is -1.33. The second-order valence-electron chi connectivity index (χ2n) is 5.20. The minimum atomic E-state index is -0.821. The third kappa shape index (κ3) is 6.43. The van der Waals surface area contributed by atoms with Crippen molar-refractivity contribution < 1.29 is 28.7 Å². The molecule has 1 rings (SSSR count). The Morgan fingerprint density at radius 2 is 2.09 bits per heavy atom. The number of oxime groups is 1. The maximum atomic E-state index is 11.4. The molecule has 1 aromatic rings. The fourth-order valence-corrected chi connectivity index (χ4v) is 1.62. The van der Waals surface area contributed by atoms with E-state index in [9.17, 15) is 14.4 Å². The number of ether oxygens (including phenoxy) is 2. The van der Waals surface area contributed by atoms with Gasteiger partial charge in [0.15, 0.2) is 10.8 Å². The van der Waals surface area contributed by atoms with Gasteiger partial charge in [-0.1, -0.05) is 5.16 Å². The quantitative estimate of drug-likeness (QED) is 0.331. The molecular weight excluding hydrogens is 326 g/mol. The molecule has 10 heteroatoms. The van der Waals surface area contributed by atoms with Gasteiger partial charge < -0.3 is 20.0 Å². The van der Waals surface area contributed by atoms with E-state index in [0.29, 0.717) is 0 Å². The number of rotatable bonds is 7. The molecule has 0 atom stereocenters. The van der Waals surface area contributed by atoms with Crippen molar-refractivity contribution in [2.75, 3.05) is 19.1 Å². The molecule has 1 radical (unpaired) electrons. The number of nitrogens with zero attached hydrogens (tertiary/aromatic N) is 2. The van der Waals surface area contributed by atoms with Crippen LogP contribution in [0.3, 0.4) is 0 Å². The highest BCUT2D eigenvalue weighted by molar-refractivity contribution is 7.13. The van der Waals surface area contributed by atoms with Crippen molar-refractivity contribution in [3.63, 3.8) is 0 Å². The highest BCUT2D eigenvalue weighted by Crippen LogP contribution is 2.14. The van der Waals surface area contributed by atoms with E-state index in [0.717, 1.165) is 11.3 Å². The molecule has 0 aliphatic carbocycles. The number of esters is 2. The van der Waals surface area contributed by atoms with E-state index in [1.54, 1.807) is 20.8 Å². The number of anilines is 1. The predicted octanol–water partition coefficient (Wildman–Crippen LogP) is 0.646. The maximum absolute atomic E-state index is 11.4. The average molecular weight is 342 g/mol. The van der Waals surface area contributed by atoms with E-state index in [2.05, 4.69) is 19.7 Å². The van der Waals surface area contributed by atoms with Gasteiger partial charge in [-0.2, -0.15) is 0 Å². The second kappa shape index (κ2) is 8.22. The van der Waals surface area contributed by atoms with Crippen molar-refractivity contribution >= 4 is 40.4 Å². The van der Waals surface area contributed by atoms with Crippen LogP contribution in [0.2, 0.25) is 0 Å². The number of carbonyl (C=O) groups is 2. The third-order valence-electron chi connectivity index (χ3n) is 2.22. The Morgan fingerprint density at radius 3 is 2.61 bits per heavy atom. The van der Waals surface area contributed by atoms with Gasteiger partial charge in [-0.25, -0.2) is 9.78 Å². The molecule has 0 saturated heterocycles. The largest absolute Gasteiger partial charge is 0.427 e. The first-order valence-corrected chi connectivity index (χ1v) is 7.24. The summed E-state index contributed by atoms with van der Waals surface area (Å²) in [7, 11) is 0. The van der Waals surface area contributed by atoms with Gasteiger partial charge in [-0.3, -0.25) is 9.59 Å². The first-order valence-electron chi connectivity index (χ1n) is 6.36. The van der Waals surface area contributed by atoms with E-state index >= 15 is 0 Å². The predicted molar refractivity (Wildman–Crippen MR) is 81.2 cm³/mol. The fraction of sp³-hybridized carbons (Fsp3) is 0.462. The Labute approximate surface area is 136 Å². The molecule has 1 aromatic heterocycles. The van der Waals surface area contributed by atoms with Crippen LogP contribution in [0.25, 0.3) is 0 Å². The van der Waals surface area contributed by atoms with Gasteiger partial charge in [0.05, 0.1) is 5.41 Å². The van der Waals surface area contributed by atoms with Crippen molar-refractivity contribution in [1.29, 1.82) is 0 Å². The lowest BCUT2D eigenvalue weighted by atomic mass is 9.98. The molecule has 1 heterocycles. The minimum absolute atomic E-state index is 0.190. The summed E-state index contributed by atoms with van der Waals surface area (Å²) in [5.41, 5.74) is 4.69. The van der Waals surface area contributed by atoms with Crippen LogP contribution in [0.1, 0.15) is 26.5 Å². The van der Waals surface area contributed by atoms with E-state index in [1.807, 2.05) is 0 Å². The molecule has 0 unspecified atom stereocenters. The fourth-order valence-electron chi connectivity index (χ4n) is 1.07. The molecule has 0 bridgehead atoms. The van der Waals surface area contributed by atoms with E-state index < -0.39 is 30.8 Å². The average Bonchev–Trinajstić information content (AvgIpc) is 2.89. The van der Waals surface area contributed by atoms with Gasteiger partial charge >= 0.3 is 11.9 Å². The van der Waals surface area contributed by atoms with E-state index in [-0.39, 0.29) is 16.5 Å². The van der Waals surface area contributed by atoms with Crippen LogP contribution in [-0.2, 0) is 28.7 Å². The zero-order chi connectivity index (χ0) is 17.5. The lowest BCUT2D eigenvalue weighted by Crippen LogP contribution is -2.25. The first-order chi connectivity index (χ1) is 10.7. The van der Waals surface area contributed by atoms with Crippen LogP contribution in [0.15, 0.2) is 10.5 Å². The van der Waals surface area contributed by atoms with Gasteiger partial charge in [0.25, 0.3) is 6.29 Å². The third-order valence-corrected chi connectivity index (χ3v) is 2.90. The summed E-state index contributed by atoms with van der Waals surface area (Å²) >= 11 is 1.11. The molecule has 0 aliphatic rings. The number of hydrogen-bond acceptors (Lipinski definition) is 10. The zero-order valence-corrected chi connectivity index (χ0v) is 13.6. The van der Waals surface area contributed by atoms with Crippen molar-refractivity contribution in [1.82, 2.24) is 4.98 Å². The van der Waals surface area contributed by atoms with Crippen molar-refractivity contribution in [2.24, 2.45) is 10.6 Å². The maximum Gasteiger partial charge on any atom is 0.349 e. The van der Waals surface area contributed by atoms with Crippen LogP contribution >= 0.6 is 11.3 Å². The van der Waals surface area contributed by atoms with Gasteiger partial charge in [-0.15, -0.1) is 11.3 Å². The molecular formula is C13H16N3O6S. The number of carbonyl (C=O) groups excluding carboxylic acids is 3. The summed E-state index contributed by atoms with van der Waals surface area (Å²) < 4.78 is 9.36. The van der Waals surface area contributed by atoms with Gasteiger partial charge in [0.1, 0.15) is 5.69 Å². The van der Waals surface area contributed by atoms with Crippen LogP contribution in [0, 0.1) is 5.41 Å². The Kier molecular flexibility index (Phi) is 6.64. The Bertz CT molecular complexity index is 605.